The number of rotatable bonds is 7. The van der Waals surface area contributed by atoms with Crippen LogP contribution in [-0.2, 0) is 26.7 Å². The van der Waals surface area contributed by atoms with Gasteiger partial charge in [0, 0.05) is 31.7 Å². The molecule has 1 saturated heterocycles. The fourth-order valence-electron chi connectivity index (χ4n) is 3.32. The second kappa shape index (κ2) is 7.38. The number of amides is 3. The smallest absolute Gasteiger partial charge is 0.325 e. The highest BCUT2D eigenvalue weighted by molar-refractivity contribution is 7.90. The highest BCUT2D eigenvalue weighted by Crippen LogP contribution is 2.29. The number of benzene rings is 1. The summed E-state index contributed by atoms with van der Waals surface area (Å²) in [6, 6.07) is 5.61. The first kappa shape index (κ1) is 20.1. The van der Waals surface area contributed by atoms with Crippen LogP contribution in [0.1, 0.15) is 31.2 Å². The molecule has 0 spiro atoms. The first-order chi connectivity index (χ1) is 13.1. The molecule has 0 aliphatic carbocycles. The molecule has 1 aliphatic rings. The molecule has 0 saturated carbocycles. The maximum atomic E-state index is 12.9. The normalized spacial score (nSPS) is 19.9. The molecule has 3 amide bonds. The number of nitrogens with one attached hydrogen (secondary N) is 1. The summed E-state index contributed by atoms with van der Waals surface area (Å²) < 4.78 is 25.3. The van der Waals surface area contributed by atoms with E-state index in [4.69, 9.17) is 0 Å². The first-order valence-corrected chi connectivity index (χ1v) is 10.9. The van der Waals surface area contributed by atoms with Crippen molar-refractivity contribution in [2.45, 2.75) is 43.7 Å². The molecular formula is C19H24N4O4S. The molecule has 8 nitrogen and oxygen atoms in total. The zero-order valence-electron chi connectivity index (χ0n) is 16.2. The van der Waals surface area contributed by atoms with Crippen molar-refractivity contribution in [1.82, 2.24) is 19.8 Å². The number of carbonyl (C=O) groups is 2. The maximum Gasteiger partial charge on any atom is 0.325 e. The summed E-state index contributed by atoms with van der Waals surface area (Å²) in [5.74, 6) is 0.600. The van der Waals surface area contributed by atoms with Crippen LogP contribution in [0.5, 0.6) is 0 Å². The van der Waals surface area contributed by atoms with E-state index in [-0.39, 0.29) is 10.8 Å². The third kappa shape index (κ3) is 3.80. The fraction of sp³-hybridized carbons (Fsp3) is 0.421. The number of imide groups is 1. The Morgan fingerprint density at radius 2 is 1.75 bits per heavy atom. The standard InChI is InChI=1S/C19H24N4O4S/c1-14-20-10-13-22(14)11-4-5-12-23-17(24)19(2,21-18(23)25)15-6-8-16(9-7-15)28(3,26)27/h6-10,13H,4-5,11-12H2,1-3H3,(H,21,25). The molecule has 3 rings (SSSR count). The van der Waals surface area contributed by atoms with Gasteiger partial charge in [-0.2, -0.15) is 0 Å². The number of hydrogen-bond acceptors (Lipinski definition) is 5. The predicted octanol–water partition coefficient (Wildman–Crippen LogP) is 1.84. The minimum atomic E-state index is -3.32. The maximum absolute atomic E-state index is 12.9. The molecule has 1 unspecified atom stereocenters. The van der Waals surface area contributed by atoms with E-state index < -0.39 is 21.4 Å². The number of hydrogen-bond donors (Lipinski definition) is 1. The molecule has 150 valence electrons. The monoisotopic (exact) mass is 404 g/mol. The van der Waals surface area contributed by atoms with Crippen LogP contribution < -0.4 is 5.32 Å². The Labute approximate surface area is 164 Å². The minimum Gasteiger partial charge on any atom is -0.335 e. The van der Waals surface area contributed by atoms with E-state index in [1.54, 1.807) is 25.3 Å². The number of aryl methyl sites for hydroxylation is 2. The third-order valence-corrected chi connectivity index (χ3v) is 6.22. The van der Waals surface area contributed by atoms with Gasteiger partial charge in [0.15, 0.2) is 9.84 Å². The zero-order chi connectivity index (χ0) is 20.5. The summed E-state index contributed by atoms with van der Waals surface area (Å²) in [5, 5.41) is 2.74. The zero-order valence-corrected chi connectivity index (χ0v) is 17.0. The summed E-state index contributed by atoms with van der Waals surface area (Å²) in [7, 11) is -3.32. The van der Waals surface area contributed by atoms with Gasteiger partial charge in [-0.3, -0.25) is 9.69 Å². The largest absolute Gasteiger partial charge is 0.335 e. The molecule has 1 aromatic carbocycles. The van der Waals surface area contributed by atoms with Gasteiger partial charge < -0.3 is 9.88 Å². The molecule has 28 heavy (non-hydrogen) atoms. The summed E-state index contributed by atoms with van der Waals surface area (Å²) >= 11 is 0. The van der Waals surface area contributed by atoms with Gasteiger partial charge in [0.05, 0.1) is 4.90 Å². The second-order valence-corrected chi connectivity index (χ2v) is 9.20. The molecule has 1 N–H and O–H groups in total. The Bertz CT molecular complexity index is 997. The van der Waals surface area contributed by atoms with Crippen molar-refractivity contribution < 1.29 is 18.0 Å². The van der Waals surface area contributed by atoms with Gasteiger partial charge in [-0.05, 0) is 44.4 Å². The van der Waals surface area contributed by atoms with Crippen LogP contribution >= 0.6 is 0 Å². The van der Waals surface area contributed by atoms with E-state index in [0.29, 0.717) is 18.5 Å². The Kier molecular flexibility index (Phi) is 5.29. The molecule has 1 aliphatic heterocycles. The van der Waals surface area contributed by atoms with Crippen molar-refractivity contribution in [1.29, 1.82) is 0 Å². The van der Waals surface area contributed by atoms with Crippen molar-refractivity contribution in [3.63, 3.8) is 0 Å². The first-order valence-electron chi connectivity index (χ1n) is 9.05. The Morgan fingerprint density at radius 1 is 1.11 bits per heavy atom. The lowest BCUT2D eigenvalue weighted by Crippen LogP contribution is -2.41. The number of aromatic nitrogens is 2. The van der Waals surface area contributed by atoms with Gasteiger partial charge in [-0.1, -0.05) is 12.1 Å². The highest BCUT2D eigenvalue weighted by atomic mass is 32.2. The van der Waals surface area contributed by atoms with Crippen molar-refractivity contribution in [2.75, 3.05) is 12.8 Å². The van der Waals surface area contributed by atoms with Crippen LogP contribution in [-0.4, -0.2) is 47.6 Å². The van der Waals surface area contributed by atoms with Crippen LogP contribution in [0.4, 0.5) is 4.79 Å². The Hall–Kier alpha value is -2.68. The number of nitrogens with zero attached hydrogens (tertiary/aromatic N) is 3. The quantitative estimate of drug-likeness (QED) is 0.560. The van der Waals surface area contributed by atoms with Crippen LogP contribution in [0.25, 0.3) is 0 Å². The molecule has 0 radical (unpaired) electrons. The molecule has 2 heterocycles. The minimum absolute atomic E-state index is 0.170. The molecule has 1 aromatic heterocycles. The number of sulfone groups is 1. The SMILES string of the molecule is Cc1nccn1CCCCN1C(=O)NC(C)(c2ccc(S(C)(=O)=O)cc2)C1=O. The van der Waals surface area contributed by atoms with Crippen LogP contribution in [0.15, 0.2) is 41.6 Å². The van der Waals surface area contributed by atoms with E-state index >= 15 is 0 Å². The Morgan fingerprint density at radius 3 is 2.32 bits per heavy atom. The highest BCUT2D eigenvalue weighted by Gasteiger charge is 2.48. The van der Waals surface area contributed by atoms with E-state index in [9.17, 15) is 18.0 Å². The molecular weight excluding hydrogens is 380 g/mol. The van der Waals surface area contributed by atoms with Crippen LogP contribution in [0.2, 0.25) is 0 Å². The second-order valence-electron chi connectivity index (χ2n) is 7.18. The molecule has 1 atom stereocenters. The van der Waals surface area contributed by atoms with Gasteiger partial charge in [0.2, 0.25) is 0 Å². The fourth-order valence-corrected chi connectivity index (χ4v) is 3.95. The summed E-state index contributed by atoms with van der Waals surface area (Å²) in [6.07, 6.45) is 6.26. The molecule has 1 fully saturated rings. The lowest BCUT2D eigenvalue weighted by Gasteiger charge is -2.22. The van der Waals surface area contributed by atoms with Crippen molar-refractivity contribution in [3.8, 4) is 0 Å². The van der Waals surface area contributed by atoms with Gasteiger partial charge in [0.1, 0.15) is 11.4 Å². The predicted molar refractivity (Wildman–Crippen MR) is 103 cm³/mol. The van der Waals surface area contributed by atoms with Crippen molar-refractivity contribution in [3.05, 3.63) is 48.0 Å². The van der Waals surface area contributed by atoms with E-state index in [1.165, 1.54) is 17.0 Å². The summed E-state index contributed by atoms with van der Waals surface area (Å²) in [4.78, 5) is 30.8. The van der Waals surface area contributed by atoms with Crippen molar-refractivity contribution in [2.24, 2.45) is 0 Å². The molecule has 9 heteroatoms. The third-order valence-electron chi connectivity index (χ3n) is 5.09. The van der Waals surface area contributed by atoms with E-state index in [0.717, 1.165) is 25.0 Å². The topological polar surface area (TPSA) is 101 Å². The van der Waals surface area contributed by atoms with Crippen LogP contribution in [0.3, 0.4) is 0 Å². The molecule has 0 bridgehead atoms. The Balaban J connectivity index is 1.65. The summed E-state index contributed by atoms with van der Waals surface area (Å²) in [6.45, 7) is 4.67. The van der Waals surface area contributed by atoms with Gasteiger partial charge in [-0.15, -0.1) is 0 Å². The van der Waals surface area contributed by atoms with Gasteiger partial charge in [-0.25, -0.2) is 18.2 Å². The van der Waals surface area contributed by atoms with Crippen LogP contribution in [0, 0.1) is 6.92 Å². The number of unbranched alkanes of at least 4 members (excludes halogenated alkanes) is 1. The van der Waals surface area contributed by atoms with Gasteiger partial charge >= 0.3 is 6.03 Å². The van der Waals surface area contributed by atoms with Crippen molar-refractivity contribution >= 4 is 21.8 Å². The number of carbonyl (C=O) groups excluding carboxylic acids is 2. The average Bonchev–Trinajstić information content (AvgIpc) is 3.14. The van der Waals surface area contributed by atoms with Gasteiger partial charge in [0.25, 0.3) is 5.91 Å². The lowest BCUT2D eigenvalue weighted by atomic mass is 9.92. The summed E-state index contributed by atoms with van der Waals surface area (Å²) in [5.41, 5.74) is -0.650. The number of urea groups is 1. The molecule has 2 aromatic rings. The number of imidazole rings is 1. The lowest BCUT2D eigenvalue weighted by molar-refractivity contribution is -0.131. The van der Waals surface area contributed by atoms with E-state index in [1.807, 2.05) is 17.7 Å². The average molecular weight is 404 g/mol. The van der Waals surface area contributed by atoms with E-state index in [2.05, 4.69) is 10.3 Å².